The van der Waals surface area contributed by atoms with Gasteiger partial charge >= 0.3 is 0 Å². The van der Waals surface area contributed by atoms with Crippen molar-refractivity contribution in [1.82, 2.24) is 0 Å². The van der Waals surface area contributed by atoms with E-state index < -0.39 is 0 Å². The third-order valence-electron chi connectivity index (χ3n) is 2.48. The van der Waals surface area contributed by atoms with Crippen LogP contribution in [0.15, 0.2) is 35.6 Å². The van der Waals surface area contributed by atoms with E-state index in [-0.39, 0.29) is 5.78 Å². The molecule has 0 N–H and O–H groups in total. The molecule has 0 atom stereocenters. The molecule has 14 heavy (non-hydrogen) atoms. The van der Waals surface area contributed by atoms with Crippen LogP contribution in [-0.4, -0.2) is 12.9 Å². The second-order valence-corrected chi connectivity index (χ2v) is 3.43. The number of allylic oxidation sites excluding steroid dienone is 4. The van der Waals surface area contributed by atoms with Crippen molar-refractivity contribution in [3.63, 3.8) is 0 Å². The molecule has 0 heterocycles. The minimum atomic E-state index is 0.263. The maximum absolute atomic E-state index is 11.4. The quantitative estimate of drug-likeness (QED) is 0.507. The van der Waals surface area contributed by atoms with E-state index in [9.17, 15) is 4.79 Å². The number of hydrogen-bond acceptors (Lipinski definition) is 2. The third-order valence-corrected chi connectivity index (χ3v) is 2.48. The molecule has 2 nitrogen and oxygen atoms in total. The average Bonchev–Trinajstić information content (AvgIpc) is 2.20. The topological polar surface area (TPSA) is 26.3 Å². The normalized spacial score (nSPS) is 17.7. The molecule has 2 heteroatoms. The summed E-state index contributed by atoms with van der Waals surface area (Å²) in [4.78, 5) is 11.4. The van der Waals surface area contributed by atoms with Crippen LogP contribution >= 0.6 is 0 Å². The summed E-state index contributed by atoms with van der Waals surface area (Å²) in [5, 5.41) is 0. The van der Waals surface area contributed by atoms with Crippen LogP contribution in [-0.2, 0) is 9.53 Å². The van der Waals surface area contributed by atoms with Crippen LogP contribution in [0.25, 0.3) is 0 Å². The van der Waals surface area contributed by atoms with Crippen molar-refractivity contribution in [3.8, 4) is 0 Å². The molecular formula is C12H16O2. The fourth-order valence-electron chi connectivity index (χ4n) is 1.46. The van der Waals surface area contributed by atoms with E-state index in [1.807, 2.05) is 13.0 Å². The summed E-state index contributed by atoms with van der Waals surface area (Å²) in [6.07, 6.45) is 6.35. The summed E-state index contributed by atoms with van der Waals surface area (Å²) in [5.41, 5.74) is 2.00. The van der Waals surface area contributed by atoms with Crippen molar-refractivity contribution in [3.05, 3.63) is 35.6 Å². The minimum Gasteiger partial charge on any atom is -0.497 e. The SMILES string of the molecule is C=C(/C=C\C1=C(C)C(=O)CCC1)OC. The van der Waals surface area contributed by atoms with Gasteiger partial charge in [0.2, 0.25) is 0 Å². The van der Waals surface area contributed by atoms with E-state index >= 15 is 0 Å². The Morgan fingerprint density at radius 3 is 2.86 bits per heavy atom. The highest BCUT2D eigenvalue weighted by Gasteiger charge is 2.14. The molecule has 0 amide bonds. The lowest BCUT2D eigenvalue weighted by molar-refractivity contribution is -0.116. The van der Waals surface area contributed by atoms with E-state index in [0.717, 1.165) is 24.0 Å². The lowest BCUT2D eigenvalue weighted by Gasteiger charge is -2.13. The molecule has 1 aliphatic rings. The number of ketones is 1. The zero-order valence-electron chi connectivity index (χ0n) is 8.80. The molecule has 0 spiro atoms. The van der Waals surface area contributed by atoms with Gasteiger partial charge in [0.15, 0.2) is 5.78 Å². The highest BCUT2D eigenvalue weighted by Crippen LogP contribution is 2.22. The van der Waals surface area contributed by atoms with Crippen LogP contribution in [0.2, 0.25) is 0 Å². The maximum Gasteiger partial charge on any atom is 0.158 e. The molecule has 76 valence electrons. The number of Topliss-reactive ketones (excluding diaryl/α,β-unsaturated/α-hetero) is 1. The highest BCUT2D eigenvalue weighted by atomic mass is 16.5. The molecule has 0 fully saturated rings. The summed E-state index contributed by atoms with van der Waals surface area (Å²) in [6, 6.07) is 0. The molecular weight excluding hydrogens is 176 g/mol. The Balaban J connectivity index is 2.77. The van der Waals surface area contributed by atoms with Crippen molar-refractivity contribution < 1.29 is 9.53 Å². The molecule has 1 rings (SSSR count). The largest absolute Gasteiger partial charge is 0.497 e. The average molecular weight is 192 g/mol. The Labute approximate surface area is 85.0 Å². The number of ether oxygens (including phenoxy) is 1. The Kier molecular flexibility index (Phi) is 3.69. The monoisotopic (exact) mass is 192 g/mol. The van der Waals surface area contributed by atoms with E-state index in [1.54, 1.807) is 13.2 Å². The number of rotatable bonds is 3. The first-order valence-corrected chi connectivity index (χ1v) is 4.79. The molecule has 1 aliphatic carbocycles. The Morgan fingerprint density at radius 1 is 1.50 bits per heavy atom. The van der Waals surface area contributed by atoms with Crippen LogP contribution in [0, 0.1) is 0 Å². The molecule has 0 bridgehead atoms. The first-order valence-electron chi connectivity index (χ1n) is 4.79. The number of hydrogen-bond donors (Lipinski definition) is 0. The van der Waals surface area contributed by atoms with Crippen molar-refractivity contribution in [2.75, 3.05) is 7.11 Å². The number of carbonyl (C=O) groups is 1. The summed E-state index contributed by atoms with van der Waals surface area (Å²) in [5.74, 6) is 0.877. The smallest absolute Gasteiger partial charge is 0.158 e. The fourth-order valence-corrected chi connectivity index (χ4v) is 1.46. The Morgan fingerprint density at radius 2 is 2.21 bits per heavy atom. The van der Waals surface area contributed by atoms with Crippen molar-refractivity contribution in [1.29, 1.82) is 0 Å². The van der Waals surface area contributed by atoms with Crippen LogP contribution in [0.1, 0.15) is 26.2 Å². The van der Waals surface area contributed by atoms with Gasteiger partial charge in [-0.15, -0.1) is 0 Å². The molecule has 0 radical (unpaired) electrons. The van der Waals surface area contributed by atoms with Crippen molar-refractivity contribution in [2.45, 2.75) is 26.2 Å². The van der Waals surface area contributed by atoms with Crippen molar-refractivity contribution >= 4 is 5.78 Å². The lowest BCUT2D eigenvalue weighted by Crippen LogP contribution is -2.07. The summed E-state index contributed by atoms with van der Waals surface area (Å²) >= 11 is 0. The van der Waals surface area contributed by atoms with Gasteiger partial charge in [-0.25, -0.2) is 0 Å². The first-order chi connectivity index (χ1) is 6.65. The van der Waals surface area contributed by atoms with E-state index in [4.69, 9.17) is 4.74 Å². The summed E-state index contributed by atoms with van der Waals surface area (Å²) in [6.45, 7) is 5.57. The van der Waals surface area contributed by atoms with Crippen LogP contribution in [0.4, 0.5) is 0 Å². The summed E-state index contributed by atoms with van der Waals surface area (Å²) in [7, 11) is 1.58. The number of methoxy groups -OCH3 is 1. The molecule has 0 saturated heterocycles. The van der Waals surface area contributed by atoms with Gasteiger partial charge in [0.05, 0.1) is 7.11 Å². The number of carbonyl (C=O) groups excluding carboxylic acids is 1. The van der Waals surface area contributed by atoms with Crippen LogP contribution in [0.5, 0.6) is 0 Å². The Hall–Kier alpha value is -1.31. The standard InChI is InChI=1S/C12H16O2/c1-9(14-3)7-8-11-5-4-6-12(13)10(11)2/h7-8H,1,4-6H2,2-3H3/b8-7-. The van der Waals surface area contributed by atoms with Gasteiger partial charge in [-0.1, -0.05) is 12.7 Å². The Bertz CT molecular complexity index is 308. The van der Waals surface area contributed by atoms with Gasteiger partial charge in [0, 0.05) is 6.42 Å². The molecule has 0 aromatic carbocycles. The maximum atomic E-state index is 11.4. The molecule has 0 aromatic heterocycles. The molecule has 0 unspecified atom stereocenters. The van der Waals surface area contributed by atoms with Crippen molar-refractivity contribution in [2.24, 2.45) is 0 Å². The first kappa shape index (κ1) is 10.8. The third kappa shape index (κ3) is 2.59. The van der Waals surface area contributed by atoms with Gasteiger partial charge in [-0.3, -0.25) is 4.79 Å². The van der Waals surface area contributed by atoms with Crippen LogP contribution < -0.4 is 0 Å². The van der Waals surface area contributed by atoms with Gasteiger partial charge < -0.3 is 4.74 Å². The second-order valence-electron chi connectivity index (χ2n) is 3.43. The predicted molar refractivity (Wildman–Crippen MR) is 56.8 cm³/mol. The van der Waals surface area contributed by atoms with Gasteiger partial charge in [0.25, 0.3) is 0 Å². The molecule has 0 saturated carbocycles. The van der Waals surface area contributed by atoms with E-state index in [2.05, 4.69) is 6.58 Å². The molecule has 0 aliphatic heterocycles. The van der Waals surface area contributed by atoms with Gasteiger partial charge in [-0.2, -0.15) is 0 Å². The highest BCUT2D eigenvalue weighted by molar-refractivity contribution is 5.96. The predicted octanol–water partition coefficient (Wildman–Crippen LogP) is 2.77. The van der Waals surface area contributed by atoms with Gasteiger partial charge in [0.1, 0.15) is 5.76 Å². The lowest BCUT2D eigenvalue weighted by atomic mass is 9.91. The minimum absolute atomic E-state index is 0.263. The van der Waals surface area contributed by atoms with Gasteiger partial charge in [-0.05, 0) is 37.0 Å². The second kappa shape index (κ2) is 4.80. The van der Waals surface area contributed by atoms with E-state index in [0.29, 0.717) is 12.2 Å². The fraction of sp³-hybridized carbons (Fsp3) is 0.417. The van der Waals surface area contributed by atoms with Crippen LogP contribution in [0.3, 0.4) is 0 Å². The zero-order valence-corrected chi connectivity index (χ0v) is 8.80. The zero-order chi connectivity index (χ0) is 10.6. The molecule has 0 aromatic rings. The van der Waals surface area contributed by atoms with E-state index in [1.165, 1.54) is 0 Å². The summed E-state index contributed by atoms with van der Waals surface area (Å²) < 4.78 is 4.91.